The van der Waals surface area contributed by atoms with Gasteiger partial charge in [0.15, 0.2) is 0 Å². The SMILES string of the molecule is CC(C)NC(=O)CC(CN)N1CC(C)C(C)C1. The summed E-state index contributed by atoms with van der Waals surface area (Å²) in [5, 5.41) is 2.93. The van der Waals surface area contributed by atoms with Gasteiger partial charge in [0.05, 0.1) is 0 Å². The lowest BCUT2D eigenvalue weighted by Gasteiger charge is -2.26. The van der Waals surface area contributed by atoms with Crippen LogP contribution >= 0.6 is 0 Å². The molecule has 17 heavy (non-hydrogen) atoms. The van der Waals surface area contributed by atoms with Crippen LogP contribution in [0.4, 0.5) is 0 Å². The van der Waals surface area contributed by atoms with Gasteiger partial charge in [-0.15, -0.1) is 0 Å². The van der Waals surface area contributed by atoms with Crippen molar-refractivity contribution in [2.75, 3.05) is 19.6 Å². The molecule has 0 saturated carbocycles. The van der Waals surface area contributed by atoms with Gasteiger partial charge in [0.25, 0.3) is 0 Å². The number of carbonyl (C=O) groups excluding carboxylic acids is 1. The van der Waals surface area contributed by atoms with Gasteiger partial charge in [-0.1, -0.05) is 13.8 Å². The summed E-state index contributed by atoms with van der Waals surface area (Å²) in [6.07, 6.45) is 0.522. The number of hydrogen-bond acceptors (Lipinski definition) is 3. The molecule has 4 heteroatoms. The molecule has 1 amide bonds. The molecule has 1 saturated heterocycles. The lowest BCUT2D eigenvalue weighted by atomic mass is 10.0. The van der Waals surface area contributed by atoms with Gasteiger partial charge in [0.2, 0.25) is 5.91 Å². The normalized spacial score (nSPS) is 27.4. The third-order valence-electron chi connectivity index (χ3n) is 3.68. The summed E-state index contributed by atoms with van der Waals surface area (Å²) in [4.78, 5) is 14.1. The predicted molar refractivity (Wildman–Crippen MR) is 70.6 cm³/mol. The van der Waals surface area contributed by atoms with Crippen LogP contribution in [-0.2, 0) is 4.79 Å². The van der Waals surface area contributed by atoms with Crippen molar-refractivity contribution in [3.05, 3.63) is 0 Å². The Balaban J connectivity index is 2.46. The number of nitrogens with zero attached hydrogens (tertiary/aromatic N) is 1. The van der Waals surface area contributed by atoms with Gasteiger partial charge in [-0.2, -0.15) is 0 Å². The third kappa shape index (κ3) is 4.28. The number of amides is 1. The fourth-order valence-electron chi connectivity index (χ4n) is 2.43. The van der Waals surface area contributed by atoms with E-state index in [2.05, 4.69) is 24.1 Å². The molecule has 4 nitrogen and oxygen atoms in total. The molecule has 3 N–H and O–H groups in total. The van der Waals surface area contributed by atoms with E-state index in [0.29, 0.717) is 24.8 Å². The third-order valence-corrected chi connectivity index (χ3v) is 3.68. The summed E-state index contributed by atoms with van der Waals surface area (Å²) >= 11 is 0. The minimum atomic E-state index is 0.114. The lowest BCUT2D eigenvalue weighted by molar-refractivity contribution is -0.122. The van der Waals surface area contributed by atoms with Crippen molar-refractivity contribution in [1.82, 2.24) is 10.2 Å². The van der Waals surface area contributed by atoms with Crippen LogP contribution in [0, 0.1) is 11.8 Å². The molecule has 1 aliphatic rings. The van der Waals surface area contributed by atoms with Gasteiger partial charge in [-0.05, 0) is 25.7 Å². The molecule has 1 aliphatic heterocycles. The van der Waals surface area contributed by atoms with Crippen LogP contribution in [-0.4, -0.2) is 42.5 Å². The highest BCUT2D eigenvalue weighted by Crippen LogP contribution is 2.24. The van der Waals surface area contributed by atoms with Crippen LogP contribution in [0.5, 0.6) is 0 Å². The second-order valence-corrected chi connectivity index (χ2v) is 5.72. The number of rotatable bonds is 5. The topological polar surface area (TPSA) is 58.4 Å². The molecule has 0 aliphatic carbocycles. The van der Waals surface area contributed by atoms with Crippen molar-refractivity contribution in [3.63, 3.8) is 0 Å². The maximum atomic E-state index is 11.7. The largest absolute Gasteiger partial charge is 0.354 e. The summed E-state index contributed by atoms with van der Waals surface area (Å²) in [7, 11) is 0. The Morgan fingerprint density at radius 2 is 1.88 bits per heavy atom. The molecule has 0 bridgehead atoms. The molecule has 1 rings (SSSR count). The van der Waals surface area contributed by atoms with E-state index in [4.69, 9.17) is 5.73 Å². The fourth-order valence-corrected chi connectivity index (χ4v) is 2.43. The van der Waals surface area contributed by atoms with Crippen molar-refractivity contribution in [3.8, 4) is 0 Å². The van der Waals surface area contributed by atoms with Crippen molar-refractivity contribution in [1.29, 1.82) is 0 Å². The minimum Gasteiger partial charge on any atom is -0.354 e. The monoisotopic (exact) mass is 241 g/mol. The summed E-state index contributed by atoms with van der Waals surface area (Å²) in [5.41, 5.74) is 5.80. The summed E-state index contributed by atoms with van der Waals surface area (Å²) < 4.78 is 0. The molecule has 0 aromatic carbocycles. The van der Waals surface area contributed by atoms with Crippen molar-refractivity contribution in [2.45, 2.75) is 46.2 Å². The first-order valence-electron chi connectivity index (χ1n) is 6.67. The number of likely N-dealkylation sites (tertiary alicyclic amines) is 1. The fraction of sp³-hybridized carbons (Fsp3) is 0.923. The second-order valence-electron chi connectivity index (χ2n) is 5.72. The van der Waals surface area contributed by atoms with Crippen LogP contribution in [0.3, 0.4) is 0 Å². The summed E-state index contributed by atoms with van der Waals surface area (Å²) in [5.74, 6) is 1.53. The zero-order valence-corrected chi connectivity index (χ0v) is 11.6. The Hall–Kier alpha value is -0.610. The molecule has 3 atom stereocenters. The molecule has 0 spiro atoms. The molecule has 0 aromatic heterocycles. The molecular weight excluding hydrogens is 214 g/mol. The van der Waals surface area contributed by atoms with Gasteiger partial charge >= 0.3 is 0 Å². The van der Waals surface area contributed by atoms with E-state index in [1.165, 1.54) is 0 Å². The number of carbonyl (C=O) groups is 1. The molecule has 3 unspecified atom stereocenters. The van der Waals surface area contributed by atoms with Crippen molar-refractivity contribution < 1.29 is 4.79 Å². The minimum absolute atomic E-state index is 0.114. The van der Waals surface area contributed by atoms with Crippen LogP contribution in [0.25, 0.3) is 0 Å². The van der Waals surface area contributed by atoms with E-state index in [0.717, 1.165) is 13.1 Å². The Morgan fingerprint density at radius 3 is 2.29 bits per heavy atom. The molecule has 0 aromatic rings. The first-order chi connectivity index (χ1) is 7.93. The quantitative estimate of drug-likeness (QED) is 0.749. The molecule has 100 valence electrons. The van der Waals surface area contributed by atoms with Gasteiger partial charge in [-0.25, -0.2) is 0 Å². The zero-order valence-electron chi connectivity index (χ0n) is 11.6. The Labute approximate surface area is 105 Å². The Kier molecular flexibility index (Phi) is 5.40. The van der Waals surface area contributed by atoms with E-state index in [1.54, 1.807) is 0 Å². The van der Waals surface area contributed by atoms with Crippen molar-refractivity contribution >= 4 is 5.91 Å². The van der Waals surface area contributed by atoms with Gasteiger partial charge in [0.1, 0.15) is 0 Å². The van der Waals surface area contributed by atoms with E-state index < -0.39 is 0 Å². The maximum absolute atomic E-state index is 11.7. The molecular formula is C13H27N3O. The Morgan fingerprint density at radius 1 is 1.35 bits per heavy atom. The van der Waals surface area contributed by atoms with Gasteiger partial charge in [-0.3, -0.25) is 9.69 Å². The maximum Gasteiger partial charge on any atom is 0.221 e. The Bertz CT molecular complexity index is 245. The van der Waals surface area contributed by atoms with Gasteiger partial charge in [0, 0.05) is 38.1 Å². The van der Waals surface area contributed by atoms with Crippen LogP contribution < -0.4 is 11.1 Å². The standard InChI is InChI=1S/C13H27N3O/c1-9(2)15-13(17)5-12(6-14)16-7-10(3)11(4)8-16/h9-12H,5-8,14H2,1-4H3,(H,15,17). The van der Waals surface area contributed by atoms with Crippen LogP contribution in [0.2, 0.25) is 0 Å². The molecule has 1 fully saturated rings. The van der Waals surface area contributed by atoms with E-state index in [9.17, 15) is 4.79 Å². The number of nitrogens with two attached hydrogens (primary N) is 1. The molecule has 0 radical (unpaired) electrons. The smallest absolute Gasteiger partial charge is 0.221 e. The van der Waals surface area contributed by atoms with Crippen LogP contribution in [0.15, 0.2) is 0 Å². The van der Waals surface area contributed by atoms with Gasteiger partial charge < -0.3 is 11.1 Å². The van der Waals surface area contributed by atoms with Crippen LogP contribution in [0.1, 0.15) is 34.1 Å². The average Bonchev–Trinajstić information content (AvgIpc) is 2.54. The van der Waals surface area contributed by atoms with E-state index in [-0.39, 0.29) is 18.0 Å². The first kappa shape index (κ1) is 14.5. The first-order valence-corrected chi connectivity index (χ1v) is 6.67. The highest BCUT2D eigenvalue weighted by atomic mass is 16.1. The highest BCUT2D eigenvalue weighted by Gasteiger charge is 2.31. The summed E-state index contributed by atoms with van der Waals surface area (Å²) in [6.45, 7) is 11.2. The lowest BCUT2D eigenvalue weighted by Crippen LogP contribution is -2.44. The molecule has 1 heterocycles. The number of hydrogen-bond donors (Lipinski definition) is 2. The highest BCUT2D eigenvalue weighted by molar-refractivity contribution is 5.76. The summed E-state index contributed by atoms with van der Waals surface area (Å²) in [6, 6.07) is 0.401. The number of nitrogens with one attached hydrogen (secondary N) is 1. The van der Waals surface area contributed by atoms with E-state index in [1.807, 2.05) is 13.8 Å². The predicted octanol–water partition coefficient (Wildman–Crippen LogP) is 0.816. The van der Waals surface area contributed by atoms with E-state index >= 15 is 0 Å². The van der Waals surface area contributed by atoms with Crippen molar-refractivity contribution in [2.24, 2.45) is 17.6 Å². The average molecular weight is 241 g/mol. The zero-order chi connectivity index (χ0) is 13.0. The second kappa shape index (κ2) is 6.36.